The maximum absolute atomic E-state index is 12.4. The Hall–Kier alpha value is -2.61. The van der Waals surface area contributed by atoms with Crippen molar-refractivity contribution in [2.45, 2.75) is 32.1 Å². The van der Waals surface area contributed by atoms with E-state index >= 15 is 0 Å². The molecule has 0 unspecified atom stereocenters. The van der Waals surface area contributed by atoms with Gasteiger partial charge in [0.25, 0.3) is 6.47 Å². The number of carbonyl (C=O) groups is 3. The van der Waals surface area contributed by atoms with Gasteiger partial charge in [-0.3, -0.25) is 14.4 Å². The third-order valence-electron chi connectivity index (χ3n) is 5.38. The minimum Gasteiger partial charge on any atom is -0.494 e. The fraction of sp³-hybridized carbons (Fsp3) is 0.571. The van der Waals surface area contributed by atoms with Crippen LogP contribution in [0.4, 0.5) is 0 Å². The van der Waals surface area contributed by atoms with E-state index in [0.29, 0.717) is 24.0 Å². The van der Waals surface area contributed by atoms with Crippen LogP contribution in [0.1, 0.15) is 42.5 Å². The van der Waals surface area contributed by atoms with E-state index in [1.165, 1.54) is 6.42 Å². The fourth-order valence-corrected chi connectivity index (χ4v) is 3.52. The molecule has 1 heterocycles. The van der Waals surface area contributed by atoms with Gasteiger partial charge in [-0.25, -0.2) is 0 Å². The van der Waals surface area contributed by atoms with Crippen molar-refractivity contribution in [1.82, 2.24) is 9.80 Å². The van der Waals surface area contributed by atoms with Crippen LogP contribution in [0.5, 0.6) is 5.75 Å². The van der Waals surface area contributed by atoms with E-state index in [0.717, 1.165) is 64.2 Å². The third-order valence-corrected chi connectivity index (χ3v) is 5.38. The molecule has 3 N–H and O–H groups in total. The first-order valence-corrected chi connectivity index (χ1v) is 10.2. The summed E-state index contributed by atoms with van der Waals surface area (Å²) in [5.74, 6) is 1.00. The second-order valence-electron chi connectivity index (χ2n) is 7.34. The zero-order valence-corrected chi connectivity index (χ0v) is 16.8. The molecule has 0 radical (unpaired) electrons. The molecule has 29 heavy (non-hydrogen) atoms. The lowest BCUT2D eigenvalue weighted by Gasteiger charge is -2.31. The Bertz CT molecular complexity index is 661. The first-order chi connectivity index (χ1) is 14.0. The van der Waals surface area contributed by atoms with Gasteiger partial charge < -0.3 is 25.4 Å². The van der Waals surface area contributed by atoms with E-state index in [1.54, 1.807) is 24.3 Å². The Morgan fingerprint density at radius 1 is 1.10 bits per heavy atom. The number of amides is 2. The predicted molar refractivity (Wildman–Crippen MR) is 109 cm³/mol. The molecule has 0 spiro atoms. The molecule has 1 aliphatic heterocycles. The van der Waals surface area contributed by atoms with Crippen LogP contribution in [0.2, 0.25) is 0 Å². The molecule has 2 aliphatic rings. The number of primary amides is 1. The van der Waals surface area contributed by atoms with Crippen molar-refractivity contribution >= 4 is 18.3 Å². The first kappa shape index (κ1) is 22.7. The van der Waals surface area contributed by atoms with Crippen LogP contribution < -0.4 is 10.5 Å². The smallest absolute Gasteiger partial charge is 0.290 e. The molecule has 1 aromatic carbocycles. The molecule has 2 fully saturated rings. The number of ether oxygens (including phenoxy) is 1. The highest BCUT2D eigenvalue weighted by molar-refractivity contribution is 5.92. The van der Waals surface area contributed by atoms with Gasteiger partial charge >= 0.3 is 0 Å². The van der Waals surface area contributed by atoms with Crippen LogP contribution in [0.3, 0.4) is 0 Å². The molecule has 0 atom stereocenters. The van der Waals surface area contributed by atoms with Crippen molar-refractivity contribution < 1.29 is 24.2 Å². The minimum atomic E-state index is -0.428. The third kappa shape index (κ3) is 7.38. The van der Waals surface area contributed by atoms with Gasteiger partial charge in [0.15, 0.2) is 0 Å². The van der Waals surface area contributed by atoms with Crippen LogP contribution in [0.25, 0.3) is 0 Å². The van der Waals surface area contributed by atoms with E-state index in [-0.39, 0.29) is 6.47 Å². The molecule has 1 saturated carbocycles. The molecule has 1 saturated heterocycles. The Labute approximate surface area is 171 Å². The molecule has 8 nitrogen and oxygen atoms in total. The lowest BCUT2D eigenvalue weighted by molar-refractivity contribution is -0.138. The molecule has 1 aromatic rings. The number of carboxylic acid groups (broad SMARTS) is 1. The maximum atomic E-state index is 12.4. The highest BCUT2D eigenvalue weighted by atomic mass is 16.5. The van der Waals surface area contributed by atoms with Crippen molar-refractivity contribution in [2.75, 3.05) is 39.3 Å². The molecular weight excluding hydrogens is 374 g/mol. The molecule has 3 rings (SSSR count). The summed E-state index contributed by atoms with van der Waals surface area (Å²) < 4.78 is 5.73. The number of benzene rings is 1. The van der Waals surface area contributed by atoms with E-state index in [4.69, 9.17) is 20.4 Å². The highest BCUT2D eigenvalue weighted by Gasteiger charge is 2.30. The summed E-state index contributed by atoms with van der Waals surface area (Å²) >= 11 is 0. The number of rotatable bonds is 7. The van der Waals surface area contributed by atoms with Crippen molar-refractivity contribution in [1.29, 1.82) is 0 Å². The highest BCUT2D eigenvalue weighted by Crippen LogP contribution is 2.28. The fourth-order valence-electron chi connectivity index (χ4n) is 3.52. The molecule has 1 aliphatic carbocycles. The van der Waals surface area contributed by atoms with Crippen molar-refractivity contribution in [3.8, 4) is 5.75 Å². The molecular formula is C21H31N3O5. The van der Waals surface area contributed by atoms with Gasteiger partial charge in [-0.1, -0.05) is 6.42 Å². The average Bonchev–Trinajstić information content (AvgIpc) is 2.90. The molecule has 8 heteroatoms. The topological polar surface area (TPSA) is 113 Å². The van der Waals surface area contributed by atoms with Gasteiger partial charge in [0.1, 0.15) is 5.75 Å². The number of hydrogen-bond donors (Lipinski definition) is 2. The number of carbonyl (C=O) groups excluding carboxylic acids is 2. The SMILES string of the molecule is NC(=O)c1ccc(OCCCN2CCCN(C(=O)C3CCC3)CC2)cc1.O=CO. The van der Waals surface area contributed by atoms with Gasteiger partial charge in [-0.05, 0) is 56.5 Å². The molecule has 0 bridgehead atoms. The maximum Gasteiger partial charge on any atom is 0.290 e. The van der Waals surface area contributed by atoms with Crippen LogP contribution >= 0.6 is 0 Å². The van der Waals surface area contributed by atoms with Crippen LogP contribution in [0.15, 0.2) is 24.3 Å². The Kier molecular flexibility index (Phi) is 9.43. The van der Waals surface area contributed by atoms with Gasteiger partial charge in [0.2, 0.25) is 11.8 Å². The standard InChI is InChI=1S/C20H29N3O3.CH2O2/c21-19(24)16-6-8-18(9-7-16)26-15-3-11-22-10-2-12-23(14-13-22)20(25)17-4-1-5-17;2-1-3/h6-9,17H,1-5,10-15H2,(H2,21,24);1H,(H,2,3). The summed E-state index contributed by atoms with van der Waals surface area (Å²) in [6.07, 6.45) is 5.36. The summed E-state index contributed by atoms with van der Waals surface area (Å²) in [6, 6.07) is 6.91. The summed E-state index contributed by atoms with van der Waals surface area (Å²) in [7, 11) is 0. The van der Waals surface area contributed by atoms with Gasteiger partial charge in [0, 0.05) is 37.7 Å². The largest absolute Gasteiger partial charge is 0.494 e. The van der Waals surface area contributed by atoms with Crippen molar-refractivity contribution in [2.24, 2.45) is 11.7 Å². The lowest BCUT2D eigenvalue weighted by Crippen LogP contribution is -2.41. The number of nitrogens with zero attached hydrogens (tertiary/aromatic N) is 2. The van der Waals surface area contributed by atoms with E-state index in [1.807, 2.05) is 0 Å². The Morgan fingerprint density at radius 3 is 2.38 bits per heavy atom. The van der Waals surface area contributed by atoms with Gasteiger partial charge in [-0.15, -0.1) is 0 Å². The van der Waals surface area contributed by atoms with E-state index < -0.39 is 5.91 Å². The zero-order chi connectivity index (χ0) is 21.1. The van der Waals surface area contributed by atoms with Crippen molar-refractivity contribution in [3.05, 3.63) is 29.8 Å². The monoisotopic (exact) mass is 405 g/mol. The Morgan fingerprint density at radius 2 is 1.79 bits per heavy atom. The molecule has 2 amide bonds. The number of nitrogens with two attached hydrogens (primary N) is 1. The average molecular weight is 405 g/mol. The zero-order valence-electron chi connectivity index (χ0n) is 16.8. The van der Waals surface area contributed by atoms with Gasteiger partial charge in [-0.2, -0.15) is 0 Å². The normalized spacial score (nSPS) is 17.3. The molecule has 160 valence electrons. The summed E-state index contributed by atoms with van der Waals surface area (Å²) in [5.41, 5.74) is 5.72. The predicted octanol–water partition coefficient (Wildman–Crippen LogP) is 1.59. The summed E-state index contributed by atoms with van der Waals surface area (Å²) in [6.45, 7) is 5.11. The summed E-state index contributed by atoms with van der Waals surface area (Å²) in [5, 5.41) is 6.89. The minimum absolute atomic E-state index is 0.250. The van der Waals surface area contributed by atoms with E-state index in [2.05, 4.69) is 9.80 Å². The first-order valence-electron chi connectivity index (χ1n) is 10.2. The van der Waals surface area contributed by atoms with Crippen LogP contribution in [-0.4, -0.2) is 72.5 Å². The van der Waals surface area contributed by atoms with Crippen molar-refractivity contribution in [3.63, 3.8) is 0 Å². The second kappa shape index (κ2) is 12.1. The quantitative estimate of drug-likeness (QED) is 0.526. The van der Waals surface area contributed by atoms with Crippen LogP contribution in [0, 0.1) is 5.92 Å². The second-order valence-corrected chi connectivity index (χ2v) is 7.34. The summed E-state index contributed by atoms with van der Waals surface area (Å²) in [4.78, 5) is 36.3. The lowest BCUT2D eigenvalue weighted by atomic mass is 9.84. The van der Waals surface area contributed by atoms with Gasteiger partial charge in [0.05, 0.1) is 6.61 Å². The molecule has 0 aromatic heterocycles. The van der Waals surface area contributed by atoms with E-state index in [9.17, 15) is 9.59 Å². The number of hydrogen-bond acceptors (Lipinski definition) is 5. The Balaban J connectivity index is 0.000000941. The van der Waals surface area contributed by atoms with Crippen LogP contribution in [-0.2, 0) is 9.59 Å².